The predicted octanol–water partition coefficient (Wildman–Crippen LogP) is 4.54. The van der Waals surface area contributed by atoms with Crippen LogP contribution < -0.4 is 5.32 Å². The fourth-order valence-electron chi connectivity index (χ4n) is 2.19. The molecule has 2 aromatic carbocycles. The van der Waals surface area contributed by atoms with E-state index in [-0.39, 0.29) is 0 Å². The molecule has 0 fully saturated rings. The maximum absolute atomic E-state index is 6.05. The summed E-state index contributed by atoms with van der Waals surface area (Å²) in [6.07, 6.45) is 0. The zero-order chi connectivity index (χ0) is 12.5. The topological polar surface area (TPSA) is 12.0 Å². The van der Waals surface area contributed by atoms with Crippen LogP contribution in [0.3, 0.4) is 0 Å². The molecule has 1 atom stereocenters. The van der Waals surface area contributed by atoms with Gasteiger partial charge in [-0.3, -0.25) is 5.32 Å². The highest BCUT2D eigenvalue weighted by Crippen LogP contribution is 2.39. The Kier molecular flexibility index (Phi) is 3.33. The van der Waals surface area contributed by atoms with Gasteiger partial charge in [0.05, 0.1) is 5.37 Å². The van der Waals surface area contributed by atoms with Crippen molar-refractivity contribution in [2.24, 2.45) is 0 Å². The highest BCUT2D eigenvalue weighted by molar-refractivity contribution is 7.99. The van der Waals surface area contributed by atoms with Crippen LogP contribution in [0.5, 0.6) is 0 Å². The quantitative estimate of drug-likeness (QED) is 0.820. The van der Waals surface area contributed by atoms with Crippen LogP contribution in [0.15, 0.2) is 47.4 Å². The van der Waals surface area contributed by atoms with Crippen molar-refractivity contribution in [3.63, 3.8) is 0 Å². The summed E-state index contributed by atoms with van der Waals surface area (Å²) in [6.45, 7) is 3.05. The van der Waals surface area contributed by atoms with Crippen molar-refractivity contribution in [2.75, 3.05) is 0 Å². The van der Waals surface area contributed by atoms with E-state index in [0.29, 0.717) is 5.37 Å². The number of fused-ring (bicyclic) bond motifs is 1. The number of halogens is 1. The summed E-state index contributed by atoms with van der Waals surface area (Å²) in [6, 6.07) is 14.7. The average Bonchev–Trinajstić information content (AvgIpc) is 2.38. The van der Waals surface area contributed by atoms with E-state index in [1.165, 1.54) is 21.6 Å². The van der Waals surface area contributed by atoms with Gasteiger partial charge >= 0.3 is 0 Å². The molecule has 18 heavy (non-hydrogen) atoms. The van der Waals surface area contributed by atoms with E-state index in [9.17, 15) is 0 Å². The Morgan fingerprint density at radius 2 is 2.11 bits per heavy atom. The molecule has 0 saturated heterocycles. The van der Waals surface area contributed by atoms with Gasteiger partial charge in [0.2, 0.25) is 0 Å². The zero-order valence-corrected chi connectivity index (χ0v) is 11.7. The molecule has 0 spiro atoms. The maximum atomic E-state index is 6.05. The summed E-state index contributed by atoms with van der Waals surface area (Å²) >= 11 is 7.91. The fourth-order valence-corrected chi connectivity index (χ4v) is 3.52. The van der Waals surface area contributed by atoms with Crippen molar-refractivity contribution in [3.05, 3.63) is 64.2 Å². The first-order valence-electron chi connectivity index (χ1n) is 5.97. The molecule has 1 aliphatic rings. The van der Waals surface area contributed by atoms with Crippen molar-refractivity contribution in [3.8, 4) is 0 Å². The van der Waals surface area contributed by atoms with E-state index in [0.717, 1.165) is 11.6 Å². The second kappa shape index (κ2) is 4.96. The molecule has 92 valence electrons. The first-order chi connectivity index (χ1) is 8.72. The van der Waals surface area contributed by atoms with Gasteiger partial charge in [0.25, 0.3) is 0 Å². The number of hydrogen-bond acceptors (Lipinski definition) is 2. The van der Waals surface area contributed by atoms with E-state index in [1.54, 1.807) is 0 Å². The molecule has 0 amide bonds. The van der Waals surface area contributed by atoms with Crippen LogP contribution in [-0.4, -0.2) is 0 Å². The molecule has 1 heterocycles. The zero-order valence-electron chi connectivity index (χ0n) is 10.1. The lowest BCUT2D eigenvalue weighted by atomic mass is 10.1. The minimum absolute atomic E-state index is 0.291. The molecule has 0 radical (unpaired) electrons. The van der Waals surface area contributed by atoms with E-state index in [4.69, 9.17) is 11.6 Å². The molecule has 1 N–H and O–H groups in total. The molecule has 3 rings (SSSR count). The van der Waals surface area contributed by atoms with Gasteiger partial charge < -0.3 is 0 Å². The van der Waals surface area contributed by atoms with E-state index >= 15 is 0 Å². The van der Waals surface area contributed by atoms with Gasteiger partial charge in [-0.25, -0.2) is 0 Å². The van der Waals surface area contributed by atoms with Gasteiger partial charge in [0.15, 0.2) is 0 Å². The highest BCUT2D eigenvalue weighted by atomic mass is 35.5. The largest absolute Gasteiger partial charge is 0.297 e. The van der Waals surface area contributed by atoms with Gasteiger partial charge in [0, 0.05) is 16.5 Å². The second-order valence-corrected chi connectivity index (χ2v) is 6.13. The maximum Gasteiger partial charge on any atom is 0.0839 e. The molecule has 2 aromatic rings. The van der Waals surface area contributed by atoms with Crippen molar-refractivity contribution in [1.29, 1.82) is 0 Å². The molecular formula is C15H14ClNS. The van der Waals surface area contributed by atoms with Crippen molar-refractivity contribution in [2.45, 2.75) is 23.7 Å². The van der Waals surface area contributed by atoms with Crippen LogP contribution in [0.25, 0.3) is 0 Å². The number of aryl methyl sites for hydroxylation is 1. The molecule has 1 unspecified atom stereocenters. The van der Waals surface area contributed by atoms with Gasteiger partial charge in [-0.15, -0.1) is 11.8 Å². The molecule has 1 nitrogen and oxygen atoms in total. The normalized spacial score (nSPS) is 18.4. The van der Waals surface area contributed by atoms with E-state index in [2.05, 4.69) is 36.5 Å². The van der Waals surface area contributed by atoms with Crippen LogP contribution in [0.2, 0.25) is 5.02 Å². The van der Waals surface area contributed by atoms with Crippen molar-refractivity contribution < 1.29 is 0 Å². The minimum atomic E-state index is 0.291. The number of hydrogen-bond donors (Lipinski definition) is 1. The third-order valence-electron chi connectivity index (χ3n) is 3.09. The molecular weight excluding hydrogens is 262 g/mol. The highest BCUT2D eigenvalue weighted by Gasteiger charge is 2.20. The predicted molar refractivity (Wildman–Crippen MR) is 78.1 cm³/mol. The summed E-state index contributed by atoms with van der Waals surface area (Å²) in [4.78, 5) is 1.37. The molecule has 0 aromatic heterocycles. The minimum Gasteiger partial charge on any atom is -0.297 e. The Balaban J connectivity index is 1.89. The van der Waals surface area contributed by atoms with Gasteiger partial charge in [0.1, 0.15) is 0 Å². The van der Waals surface area contributed by atoms with Crippen LogP contribution >= 0.6 is 23.4 Å². The Bertz CT molecular complexity index is 582. The lowest BCUT2D eigenvalue weighted by Crippen LogP contribution is -2.22. The average molecular weight is 276 g/mol. The standard InChI is InChI=1S/C15H14ClNS/c1-10-5-6-14-12(7-10)9-17-15(18-14)11-3-2-4-13(16)8-11/h2-8,15,17H,9H2,1H3. The lowest BCUT2D eigenvalue weighted by molar-refractivity contribution is 0.654. The fraction of sp³-hybridized carbons (Fsp3) is 0.200. The summed E-state index contributed by atoms with van der Waals surface area (Å²) in [5.74, 6) is 0. The van der Waals surface area contributed by atoms with Crippen molar-refractivity contribution in [1.82, 2.24) is 5.32 Å². The van der Waals surface area contributed by atoms with Crippen molar-refractivity contribution >= 4 is 23.4 Å². The van der Waals surface area contributed by atoms with Gasteiger partial charge in [-0.1, -0.05) is 41.4 Å². The number of thioether (sulfide) groups is 1. The monoisotopic (exact) mass is 275 g/mol. The Hall–Kier alpha value is -0.960. The summed E-state index contributed by atoms with van der Waals surface area (Å²) in [5, 5.41) is 4.64. The summed E-state index contributed by atoms with van der Waals surface area (Å²) in [7, 11) is 0. The number of nitrogens with one attached hydrogen (secondary N) is 1. The molecule has 0 bridgehead atoms. The van der Waals surface area contributed by atoms with Crippen LogP contribution in [-0.2, 0) is 6.54 Å². The first-order valence-corrected chi connectivity index (χ1v) is 7.23. The molecule has 0 aliphatic carbocycles. The SMILES string of the molecule is Cc1ccc2c(c1)CNC(c1cccc(Cl)c1)S2. The molecule has 3 heteroatoms. The van der Waals surface area contributed by atoms with E-state index in [1.807, 2.05) is 30.0 Å². The third-order valence-corrected chi connectivity index (χ3v) is 4.65. The Morgan fingerprint density at radius 3 is 2.94 bits per heavy atom. The van der Waals surface area contributed by atoms with E-state index < -0.39 is 0 Å². The summed E-state index contributed by atoms with van der Waals surface area (Å²) < 4.78 is 0. The lowest BCUT2D eigenvalue weighted by Gasteiger charge is -2.26. The van der Waals surface area contributed by atoms with Gasteiger partial charge in [-0.2, -0.15) is 0 Å². The first kappa shape index (κ1) is 12.1. The smallest absolute Gasteiger partial charge is 0.0839 e. The number of benzene rings is 2. The second-order valence-electron chi connectivity index (χ2n) is 4.54. The van der Waals surface area contributed by atoms with Crippen LogP contribution in [0.4, 0.5) is 0 Å². The third kappa shape index (κ3) is 2.41. The molecule has 1 aliphatic heterocycles. The Morgan fingerprint density at radius 1 is 1.22 bits per heavy atom. The number of rotatable bonds is 1. The Labute approximate surface area is 117 Å². The molecule has 0 saturated carbocycles. The summed E-state index contributed by atoms with van der Waals surface area (Å²) in [5.41, 5.74) is 3.94. The van der Waals surface area contributed by atoms with Crippen LogP contribution in [0, 0.1) is 6.92 Å². The van der Waals surface area contributed by atoms with Crippen LogP contribution in [0.1, 0.15) is 22.1 Å². The van der Waals surface area contributed by atoms with Gasteiger partial charge in [-0.05, 0) is 36.2 Å².